The van der Waals surface area contributed by atoms with E-state index in [-0.39, 0.29) is 23.8 Å². The molecule has 0 spiro atoms. The zero-order valence-corrected chi connectivity index (χ0v) is 24.1. The van der Waals surface area contributed by atoms with Gasteiger partial charge < -0.3 is 15.3 Å². The number of amides is 4. The van der Waals surface area contributed by atoms with Crippen LogP contribution < -0.4 is 10.2 Å². The number of alkyl halides is 3. The third kappa shape index (κ3) is 7.84. The highest BCUT2D eigenvalue weighted by atomic mass is 19.4. The molecule has 2 N–H and O–H groups in total. The zero-order valence-electron chi connectivity index (χ0n) is 24.1. The van der Waals surface area contributed by atoms with E-state index < -0.39 is 17.7 Å². The maximum atomic E-state index is 13.5. The van der Waals surface area contributed by atoms with E-state index in [0.29, 0.717) is 24.5 Å². The number of aliphatic carboxylic acids is 1. The lowest BCUT2D eigenvalue weighted by atomic mass is 9.99. The van der Waals surface area contributed by atoms with Gasteiger partial charge in [-0.3, -0.25) is 19.5 Å². The number of carboxylic acid groups (broad SMARTS) is 1. The number of imide groups is 1. The van der Waals surface area contributed by atoms with Crippen LogP contribution in [-0.2, 0) is 20.9 Å². The third-order valence-electron chi connectivity index (χ3n) is 7.16. The number of carboxylic acids is 1. The topological polar surface area (TPSA) is 123 Å². The number of nitrogens with one attached hydrogen (secondary N) is 1. The first-order chi connectivity index (χ1) is 19.6. The van der Waals surface area contributed by atoms with E-state index in [1.807, 2.05) is 18.2 Å². The lowest BCUT2D eigenvalue weighted by Crippen LogP contribution is -2.43. The lowest BCUT2D eigenvalue weighted by Gasteiger charge is -2.27. The Balaban J connectivity index is 0.000000616. The second-order valence-corrected chi connectivity index (χ2v) is 11.0. The summed E-state index contributed by atoms with van der Waals surface area (Å²) in [6, 6.07) is 8.74. The van der Waals surface area contributed by atoms with Crippen LogP contribution in [0.25, 0.3) is 0 Å². The third-order valence-corrected chi connectivity index (χ3v) is 7.16. The predicted octanol–water partition coefficient (Wildman–Crippen LogP) is 5.01. The number of rotatable bonds is 7. The maximum Gasteiger partial charge on any atom is 0.490 e. The molecule has 0 radical (unpaired) electrons. The molecule has 0 aliphatic carbocycles. The van der Waals surface area contributed by atoms with Crippen LogP contribution in [-0.4, -0.2) is 75.1 Å². The smallest absolute Gasteiger partial charge is 0.475 e. The van der Waals surface area contributed by atoms with Crippen LogP contribution >= 0.6 is 0 Å². The van der Waals surface area contributed by atoms with Gasteiger partial charge in [0.25, 0.3) is 5.91 Å². The molecule has 2 saturated heterocycles. The number of halogens is 3. The van der Waals surface area contributed by atoms with Crippen LogP contribution in [0.1, 0.15) is 64.0 Å². The molecule has 228 valence electrons. The molecule has 3 heterocycles. The van der Waals surface area contributed by atoms with Crippen molar-refractivity contribution >= 4 is 35.2 Å². The van der Waals surface area contributed by atoms with Gasteiger partial charge in [-0.05, 0) is 81.1 Å². The fourth-order valence-electron chi connectivity index (χ4n) is 4.80. The average Bonchev–Trinajstić information content (AvgIpc) is 3.08. The lowest BCUT2D eigenvalue weighted by molar-refractivity contribution is -0.192. The van der Waals surface area contributed by atoms with Crippen molar-refractivity contribution in [1.82, 2.24) is 14.8 Å². The van der Waals surface area contributed by atoms with E-state index in [1.54, 1.807) is 43.3 Å². The first kappa shape index (κ1) is 32.5. The number of likely N-dealkylation sites (tertiary alicyclic amines) is 1. The first-order valence-electron chi connectivity index (χ1n) is 13.6. The molecule has 10 nitrogen and oxygen atoms in total. The molecule has 42 heavy (non-hydrogen) atoms. The van der Waals surface area contributed by atoms with Crippen molar-refractivity contribution in [2.75, 3.05) is 29.9 Å². The van der Waals surface area contributed by atoms with Crippen molar-refractivity contribution in [3.63, 3.8) is 0 Å². The second kappa shape index (κ2) is 13.3. The van der Waals surface area contributed by atoms with Gasteiger partial charge in [0.15, 0.2) is 0 Å². The Labute approximate surface area is 242 Å². The Morgan fingerprint density at radius 1 is 1.05 bits per heavy atom. The molecular weight excluding hydrogens is 555 g/mol. The van der Waals surface area contributed by atoms with Crippen LogP contribution in [0, 0.1) is 0 Å². The number of hydrogen-bond donors (Lipinski definition) is 2. The molecule has 13 heteroatoms. The van der Waals surface area contributed by atoms with Crippen LogP contribution in [0.15, 0.2) is 42.7 Å². The molecule has 2 fully saturated rings. The van der Waals surface area contributed by atoms with Gasteiger partial charge in [0.1, 0.15) is 5.54 Å². The monoisotopic (exact) mass is 591 g/mol. The summed E-state index contributed by atoms with van der Waals surface area (Å²) in [4.78, 5) is 57.6. The Hall–Kier alpha value is -4.00. The number of carbonyl (C=O) groups excluding carboxylic acids is 3. The highest BCUT2D eigenvalue weighted by molar-refractivity contribution is 6.23. The van der Waals surface area contributed by atoms with Crippen molar-refractivity contribution in [1.29, 1.82) is 0 Å². The van der Waals surface area contributed by atoms with Crippen molar-refractivity contribution in [3.8, 4) is 0 Å². The number of anilines is 2. The average molecular weight is 592 g/mol. The summed E-state index contributed by atoms with van der Waals surface area (Å²) in [5.41, 5.74) is 1.97. The van der Waals surface area contributed by atoms with Gasteiger partial charge in [0.2, 0.25) is 5.91 Å². The fraction of sp³-hybridized carbons (Fsp3) is 0.483. The molecule has 1 aromatic carbocycles. The predicted molar refractivity (Wildman–Crippen MR) is 150 cm³/mol. The van der Waals surface area contributed by atoms with Crippen LogP contribution in [0.3, 0.4) is 0 Å². The Kier molecular flexibility index (Phi) is 10.3. The number of nitrogens with zero attached hydrogens (tertiary/aromatic N) is 4. The van der Waals surface area contributed by atoms with Gasteiger partial charge >= 0.3 is 18.2 Å². The Bertz CT molecular complexity index is 1290. The van der Waals surface area contributed by atoms with E-state index in [4.69, 9.17) is 9.90 Å². The Morgan fingerprint density at radius 2 is 1.64 bits per heavy atom. The van der Waals surface area contributed by atoms with E-state index in [1.165, 1.54) is 11.3 Å². The number of piperidine rings is 1. The number of aromatic nitrogens is 1. The number of pyridine rings is 1. The molecule has 4 amide bonds. The summed E-state index contributed by atoms with van der Waals surface area (Å²) in [6.07, 6.45) is 1.71. The van der Waals surface area contributed by atoms with Crippen LogP contribution in [0.4, 0.5) is 29.3 Å². The molecule has 2 aliphatic rings. The molecular formula is C29H36F3N5O5. The highest BCUT2D eigenvalue weighted by Crippen LogP contribution is 2.36. The normalized spacial score (nSPS) is 17.2. The molecule has 0 bridgehead atoms. The van der Waals surface area contributed by atoms with E-state index in [0.717, 1.165) is 37.1 Å². The van der Waals surface area contributed by atoms with E-state index in [9.17, 15) is 27.6 Å². The van der Waals surface area contributed by atoms with Crippen molar-refractivity contribution in [3.05, 3.63) is 53.9 Å². The molecule has 2 aliphatic heterocycles. The first-order valence-corrected chi connectivity index (χ1v) is 13.6. The number of benzene rings is 1. The van der Waals surface area contributed by atoms with Crippen molar-refractivity contribution in [2.45, 2.75) is 71.1 Å². The summed E-state index contributed by atoms with van der Waals surface area (Å²) in [5.74, 6) is -2.96. The summed E-state index contributed by atoms with van der Waals surface area (Å²) in [7, 11) is 0. The van der Waals surface area contributed by atoms with Crippen molar-refractivity contribution < 1.29 is 37.5 Å². The summed E-state index contributed by atoms with van der Waals surface area (Å²) < 4.78 is 31.7. The summed E-state index contributed by atoms with van der Waals surface area (Å²) in [6.45, 7) is 10.2. The van der Waals surface area contributed by atoms with Gasteiger partial charge in [0, 0.05) is 24.6 Å². The second-order valence-electron chi connectivity index (χ2n) is 11.0. The number of hydrogen-bond acceptors (Lipinski definition) is 6. The maximum absolute atomic E-state index is 13.5. The SMILES string of the molecule is CC(C)c1ccc(N2C(=O)N(Cc3ccncc3)C(C)(C)C2=O)cc1NC(=O)CN1CCCCC1.O=C(O)C(F)(F)F. The van der Waals surface area contributed by atoms with Gasteiger partial charge in [-0.2, -0.15) is 13.2 Å². The van der Waals surface area contributed by atoms with Crippen LogP contribution in [0.2, 0.25) is 0 Å². The summed E-state index contributed by atoms with van der Waals surface area (Å²) in [5, 5.41) is 10.2. The standard InChI is InChI=1S/C27H35N5O3.C2HF3O2/c1-19(2)22-9-8-21(16-23(22)29-24(33)18-30-14-6-5-7-15-30)32-25(34)27(3,4)31(26(32)35)17-20-10-12-28-13-11-20;3-2(4,5)1(6)7/h8-13,16,19H,5-7,14-15,17-18H2,1-4H3,(H,29,33);(H,6,7). The van der Waals surface area contributed by atoms with Gasteiger partial charge in [-0.1, -0.05) is 26.3 Å². The number of carbonyl (C=O) groups is 4. The molecule has 4 rings (SSSR count). The summed E-state index contributed by atoms with van der Waals surface area (Å²) >= 11 is 0. The molecule has 2 aromatic rings. The minimum atomic E-state index is -5.08. The molecule has 0 unspecified atom stereocenters. The van der Waals surface area contributed by atoms with Gasteiger partial charge in [0.05, 0.1) is 12.2 Å². The Morgan fingerprint density at radius 3 is 2.19 bits per heavy atom. The van der Waals surface area contributed by atoms with Crippen LogP contribution in [0.5, 0.6) is 0 Å². The minimum absolute atomic E-state index is 0.0790. The largest absolute Gasteiger partial charge is 0.490 e. The molecule has 0 saturated carbocycles. The minimum Gasteiger partial charge on any atom is -0.475 e. The van der Waals surface area contributed by atoms with Crippen molar-refractivity contribution in [2.24, 2.45) is 0 Å². The zero-order chi connectivity index (χ0) is 31.2. The van der Waals surface area contributed by atoms with E-state index >= 15 is 0 Å². The van der Waals surface area contributed by atoms with Gasteiger partial charge in [-0.15, -0.1) is 0 Å². The quantitative estimate of drug-likeness (QED) is 0.434. The number of urea groups is 1. The molecule has 1 aromatic heterocycles. The highest BCUT2D eigenvalue weighted by Gasteiger charge is 2.51. The fourth-order valence-corrected chi connectivity index (χ4v) is 4.80. The van der Waals surface area contributed by atoms with E-state index in [2.05, 4.69) is 29.0 Å². The van der Waals surface area contributed by atoms with Gasteiger partial charge in [-0.25, -0.2) is 14.5 Å². The molecule has 0 atom stereocenters.